The molecule has 0 atom stereocenters. The van der Waals surface area contributed by atoms with Gasteiger partial charge in [-0.3, -0.25) is 9.59 Å². The number of carbonyl (C=O) groups excluding carboxylic acids is 2. The molecule has 34 heavy (non-hydrogen) atoms. The van der Waals surface area contributed by atoms with Crippen molar-refractivity contribution in [3.63, 3.8) is 0 Å². The molecule has 4 nitrogen and oxygen atoms in total. The first-order valence-electron chi connectivity index (χ1n) is 10.8. The summed E-state index contributed by atoms with van der Waals surface area (Å²) in [6.45, 7) is 0. The Morgan fingerprint density at radius 2 is 1.00 bits per heavy atom. The van der Waals surface area contributed by atoms with Gasteiger partial charge in [0.15, 0.2) is 0 Å². The fraction of sp³-hybridized carbons (Fsp3) is 0.0667. The Morgan fingerprint density at radius 1 is 0.559 bits per heavy atom. The standard InChI is InChI=1S/C30H24O4/c1-33-28-17-21(19-31)9-11-23(28)13-15-26-7-3-5-25-6-4-8-27(30(25)26)16-14-24-12-10-22(20-32)18-29(24)34-2/h3-20H,1-2H3/b15-13+,16-14+. The average Bonchev–Trinajstić information content (AvgIpc) is 2.90. The summed E-state index contributed by atoms with van der Waals surface area (Å²) in [6.07, 6.45) is 9.70. The lowest BCUT2D eigenvalue weighted by molar-refractivity contribution is 0.111. The van der Waals surface area contributed by atoms with Crippen molar-refractivity contribution in [3.8, 4) is 11.5 Å². The predicted octanol–water partition coefficient (Wildman–Crippen LogP) is 6.82. The van der Waals surface area contributed by atoms with E-state index in [4.69, 9.17) is 9.47 Å². The van der Waals surface area contributed by atoms with E-state index in [-0.39, 0.29) is 0 Å². The summed E-state index contributed by atoms with van der Waals surface area (Å²) in [4.78, 5) is 22.2. The van der Waals surface area contributed by atoms with Crippen molar-refractivity contribution < 1.29 is 19.1 Å². The van der Waals surface area contributed by atoms with Crippen molar-refractivity contribution in [1.82, 2.24) is 0 Å². The zero-order valence-corrected chi connectivity index (χ0v) is 19.0. The fourth-order valence-electron chi connectivity index (χ4n) is 3.91. The molecule has 0 aliphatic carbocycles. The molecular formula is C30H24O4. The molecule has 0 heterocycles. The Labute approximate surface area is 198 Å². The Kier molecular flexibility index (Phi) is 6.99. The van der Waals surface area contributed by atoms with Crippen LogP contribution < -0.4 is 9.47 Å². The first-order chi connectivity index (χ1) is 16.7. The molecule has 0 amide bonds. The zero-order valence-electron chi connectivity index (χ0n) is 19.0. The maximum Gasteiger partial charge on any atom is 0.150 e. The number of rotatable bonds is 8. The number of hydrogen-bond acceptors (Lipinski definition) is 4. The van der Waals surface area contributed by atoms with Crippen LogP contribution >= 0.6 is 0 Å². The Bertz CT molecular complexity index is 1310. The average molecular weight is 449 g/mol. The number of carbonyl (C=O) groups is 2. The number of ether oxygens (including phenoxy) is 2. The summed E-state index contributed by atoms with van der Waals surface area (Å²) in [5.41, 5.74) is 5.03. The third kappa shape index (κ3) is 4.81. The second-order valence-corrected chi connectivity index (χ2v) is 7.70. The molecule has 4 aromatic carbocycles. The van der Waals surface area contributed by atoms with Crippen molar-refractivity contribution in [2.75, 3.05) is 14.2 Å². The van der Waals surface area contributed by atoms with E-state index in [0.717, 1.165) is 45.6 Å². The van der Waals surface area contributed by atoms with Gasteiger partial charge in [0.25, 0.3) is 0 Å². The highest BCUT2D eigenvalue weighted by Crippen LogP contribution is 2.29. The monoisotopic (exact) mass is 448 g/mol. The minimum absolute atomic E-state index is 0.572. The van der Waals surface area contributed by atoms with E-state index in [9.17, 15) is 9.59 Å². The van der Waals surface area contributed by atoms with Gasteiger partial charge in [-0.2, -0.15) is 0 Å². The van der Waals surface area contributed by atoms with Gasteiger partial charge in [0, 0.05) is 22.3 Å². The highest BCUT2D eigenvalue weighted by atomic mass is 16.5. The molecule has 0 saturated heterocycles. The molecule has 0 aliphatic rings. The first kappa shape index (κ1) is 22.7. The molecule has 168 valence electrons. The summed E-state index contributed by atoms with van der Waals surface area (Å²) in [5, 5.41) is 2.24. The van der Waals surface area contributed by atoms with Crippen LogP contribution in [0.1, 0.15) is 43.0 Å². The Morgan fingerprint density at radius 3 is 1.41 bits per heavy atom. The van der Waals surface area contributed by atoms with Crippen molar-refractivity contribution in [3.05, 3.63) is 106 Å². The van der Waals surface area contributed by atoms with Crippen LogP contribution in [0.3, 0.4) is 0 Å². The van der Waals surface area contributed by atoms with Crippen LogP contribution in [-0.4, -0.2) is 26.8 Å². The van der Waals surface area contributed by atoms with E-state index < -0.39 is 0 Å². The number of aldehydes is 2. The molecule has 0 radical (unpaired) electrons. The van der Waals surface area contributed by atoms with Gasteiger partial charge in [0.1, 0.15) is 24.1 Å². The van der Waals surface area contributed by atoms with E-state index in [1.165, 1.54) is 0 Å². The molecule has 4 heteroatoms. The summed E-state index contributed by atoms with van der Waals surface area (Å²) < 4.78 is 10.9. The molecule has 0 N–H and O–H groups in total. The lowest BCUT2D eigenvalue weighted by Gasteiger charge is -2.09. The number of benzene rings is 4. The van der Waals surface area contributed by atoms with Crippen LogP contribution in [0, 0.1) is 0 Å². The number of methoxy groups -OCH3 is 2. The van der Waals surface area contributed by atoms with Gasteiger partial charge in [0.2, 0.25) is 0 Å². The molecule has 0 fully saturated rings. The van der Waals surface area contributed by atoms with Gasteiger partial charge >= 0.3 is 0 Å². The van der Waals surface area contributed by atoms with E-state index in [2.05, 4.69) is 36.4 Å². The number of fused-ring (bicyclic) bond motifs is 1. The summed E-state index contributed by atoms with van der Waals surface area (Å²) in [5.74, 6) is 1.29. The Hall–Kier alpha value is -4.44. The third-order valence-corrected chi connectivity index (χ3v) is 5.64. The first-order valence-corrected chi connectivity index (χ1v) is 10.8. The van der Waals surface area contributed by atoms with E-state index >= 15 is 0 Å². The molecule has 0 aliphatic heterocycles. The molecule has 0 saturated carbocycles. The normalized spacial score (nSPS) is 11.2. The van der Waals surface area contributed by atoms with E-state index in [1.807, 2.05) is 36.4 Å². The second-order valence-electron chi connectivity index (χ2n) is 7.70. The van der Waals surface area contributed by atoms with Crippen LogP contribution in [0.5, 0.6) is 11.5 Å². The lowest BCUT2D eigenvalue weighted by Crippen LogP contribution is -1.90. The zero-order chi connectivity index (χ0) is 23.9. The van der Waals surface area contributed by atoms with Gasteiger partial charge in [-0.05, 0) is 34.0 Å². The van der Waals surface area contributed by atoms with Gasteiger partial charge in [-0.1, -0.05) is 85.0 Å². The maximum absolute atomic E-state index is 11.1. The molecular weight excluding hydrogens is 424 g/mol. The minimum atomic E-state index is 0.572. The number of hydrogen-bond donors (Lipinski definition) is 0. The highest BCUT2D eigenvalue weighted by Gasteiger charge is 2.06. The Balaban J connectivity index is 1.75. The van der Waals surface area contributed by atoms with Crippen molar-refractivity contribution in [1.29, 1.82) is 0 Å². The second kappa shape index (κ2) is 10.5. The topological polar surface area (TPSA) is 52.6 Å². The van der Waals surface area contributed by atoms with Crippen LogP contribution in [0.15, 0.2) is 72.8 Å². The quantitative estimate of drug-likeness (QED) is 0.219. The smallest absolute Gasteiger partial charge is 0.150 e. The summed E-state index contributed by atoms with van der Waals surface area (Å²) in [7, 11) is 3.19. The lowest BCUT2D eigenvalue weighted by atomic mass is 9.97. The van der Waals surface area contributed by atoms with Crippen molar-refractivity contribution in [2.45, 2.75) is 0 Å². The van der Waals surface area contributed by atoms with E-state index in [1.54, 1.807) is 38.5 Å². The van der Waals surface area contributed by atoms with Crippen LogP contribution in [0.2, 0.25) is 0 Å². The van der Waals surface area contributed by atoms with Crippen molar-refractivity contribution >= 4 is 47.6 Å². The highest BCUT2D eigenvalue weighted by molar-refractivity contribution is 6.00. The largest absolute Gasteiger partial charge is 0.496 e. The van der Waals surface area contributed by atoms with Gasteiger partial charge < -0.3 is 9.47 Å². The van der Waals surface area contributed by atoms with Crippen molar-refractivity contribution in [2.24, 2.45) is 0 Å². The van der Waals surface area contributed by atoms with E-state index in [0.29, 0.717) is 22.6 Å². The van der Waals surface area contributed by atoms with Gasteiger partial charge in [-0.25, -0.2) is 0 Å². The molecule has 0 bridgehead atoms. The summed E-state index contributed by atoms with van der Waals surface area (Å²) in [6, 6.07) is 23.1. The van der Waals surface area contributed by atoms with Gasteiger partial charge in [-0.15, -0.1) is 0 Å². The third-order valence-electron chi connectivity index (χ3n) is 5.64. The van der Waals surface area contributed by atoms with Crippen LogP contribution in [-0.2, 0) is 0 Å². The van der Waals surface area contributed by atoms with Crippen LogP contribution in [0.4, 0.5) is 0 Å². The molecule has 4 rings (SSSR count). The van der Waals surface area contributed by atoms with Gasteiger partial charge in [0.05, 0.1) is 14.2 Å². The fourth-order valence-corrected chi connectivity index (χ4v) is 3.91. The SMILES string of the molecule is COc1cc(C=O)ccc1/C=C/c1cccc2cccc(/C=C/c3ccc(C=O)cc3OC)c12. The van der Waals surface area contributed by atoms with Crippen LogP contribution in [0.25, 0.3) is 35.1 Å². The molecule has 0 aromatic heterocycles. The molecule has 0 spiro atoms. The molecule has 0 unspecified atom stereocenters. The predicted molar refractivity (Wildman–Crippen MR) is 139 cm³/mol. The minimum Gasteiger partial charge on any atom is -0.496 e. The summed E-state index contributed by atoms with van der Waals surface area (Å²) >= 11 is 0. The molecule has 4 aromatic rings. The maximum atomic E-state index is 11.1.